The highest BCUT2D eigenvalue weighted by molar-refractivity contribution is 5.92. The Bertz CT molecular complexity index is 779. The Kier molecular flexibility index (Phi) is 4.11. The van der Waals surface area contributed by atoms with Crippen LogP contribution in [0.25, 0.3) is 11.4 Å². The van der Waals surface area contributed by atoms with E-state index in [4.69, 9.17) is 11.0 Å². The minimum Gasteiger partial charge on any atom is -0.397 e. The van der Waals surface area contributed by atoms with Crippen molar-refractivity contribution in [1.29, 1.82) is 5.26 Å². The number of rotatable bonds is 5. The number of benzene rings is 2. The normalized spacial score (nSPS) is 14.6. The predicted octanol–water partition coefficient (Wildman–Crippen LogP) is 2.97. The number of nitrogens with two attached hydrogens (primary N) is 1. The van der Waals surface area contributed by atoms with E-state index in [-0.39, 0.29) is 0 Å². The van der Waals surface area contributed by atoms with Crippen molar-refractivity contribution >= 4 is 17.8 Å². The lowest BCUT2D eigenvalue weighted by atomic mass is 10.0. The van der Waals surface area contributed by atoms with Crippen LogP contribution in [-0.4, -0.2) is 6.41 Å². The molecule has 1 aliphatic carbocycles. The molecule has 0 aromatic heterocycles. The Morgan fingerprint density at radius 3 is 2.22 bits per heavy atom. The predicted molar refractivity (Wildman–Crippen MR) is 89.8 cm³/mol. The highest BCUT2D eigenvalue weighted by atomic mass is 16.1. The first-order valence-corrected chi connectivity index (χ1v) is 7.53. The van der Waals surface area contributed by atoms with E-state index < -0.39 is 0 Å². The van der Waals surface area contributed by atoms with Gasteiger partial charge in [0.05, 0.1) is 23.0 Å². The smallest absolute Gasteiger partial charge is 0.211 e. The van der Waals surface area contributed by atoms with E-state index >= 15 is 0 Å². The molecule has 1 fully saturated rings. The lowest BCUT2D eigenvalue weighted by molar-refractivity contribution is -0.108. The summed E-state index contributed by atoms with van der Waals surface area (Å²) in [6, 6.07) is 17.2. The summed E-state index contributed by atoms with van der Waals surface area (Å²) < 4.78 is 0. The SMILES string of the molecule is N#Cc1ccc(/C(N)=C(/NC=O)c2ccc(C3CC3)cc2)cc1. The third-order valence-corrected chi connectivity index (χ3v) is 4.05. The van der Waals surface area contributed by atoms with E-state index in [9.17, 15) is 4.79 Å². The molecule has 0 bridgehead atoms. The average molecular weight is 303 g/mol. The van der Waals surface area contributed by atoms with Crippen LogP contribution >= 0.6 is 0 Å². The molecule has 0 heterocycles. The lowest BCUT2D eigenvalue weighted by Crippen LogP contribution is -2.15. The number of nitriles is 1. The zero-order valence-corrected chi connectivity index (χ0v) is 12.6. The van der Waals surface area contributed by atoms with Crippen LogP contribution in [-0.2, 0) is 4.79 Å². The molecule has 4 heteroatoms. The molecule has 0 atom stereocenters. The first-order chi connectivity index (χ1) is 11.2. The molecule has 1 amide bonds. The number of hydrogen-bond acceptors (Lipinski definition) is 3. The maximum Gasteiger partial charge on any atom is 0.211 e. The second-order valence-corrected chi connectivity index (χ2v) is 5.64. The third kappa shape index (κ3) is 3.24. The molecule has 4 nitrogen and oxygen atoms in total. The Balaban J connectivity index is 1.97. The van der Waals surface area contributed by atoms with Gasteiger partial charge in [0, 0.05) is 5.56 Å². The first kappa shape index (κ1) is 14.9. The van der Waals surface area contributed by atoms with Gasteiger partial charge in [-0.15, -0.1) is 0 Å². The fourth-order valence-corrected chi connectivity index (χ4v) is 2.58. The highest BCUT2D eigenvalue weighted by Crippen LogP contribution is 2.40. The number of carbonyl (C=O) groups excluding carboxylic acids is 1. The van der Waals surface area contributed by atoms with E-state index in [0.29, 0.717) is 29.3 Å². The van der Waals surface area contributed by atoms with Crippen molar-refractivity contribution in [2.45, 2.75) is 18.8 Å². The molecule has 3 rings (SSSR count). The second-order valence-electron chi connectivity index (χ2n) is 5.64. The van der Waals surface area contributed by atoms with Crippen molar-refractivity contribution in [2.75, 3.05) is 0 Å². The number of amides is 1. The van der Waals surface area contributed by atoms with Crippen LogP contribution in [0.2, 0.25) is 0 Å². The van der Waals surface area contributed by atoms with Gasteiger partial charge in [0.2, 0.25) is 6.41 Å². The van der Waals surface area contributed by atoms with Crippen molar-refractivity contribution in [3.8, 4) is 6.07 Å². The number of nitrogens with zero attached hydrogens (tertiary/aromatic N) is 1. The van der Waals surface area contributed by atoms with Crippen LogP contribution in [0.4, 0.5) is 0 Å². The van der Waals surface area contributed by atoms with E-state index in [1.807, 2.05) is 12.1 Å². The van der Waals surface area contributed by atoms with E-state index in [0.717, 1.165) is 11.1 Å². The summed E-state index contributed by atoms with van der Waals surface area (Å²) in [5.74, 6) is 0.686. The largest absolute Gasteiger partial charge is 0.397 e. The number of hydrogen-bond donors (Lipinski definition) is 2. The summed E-state index contributed by atoms with van der Waals surface area (Å²) in [7, 11) is 0. The van der Waals surface area contributed by atoms with Crippen LogP contribution in [0.5, 0.6) is 0 Å². The first-order valence-electron chi connectivity index (χ1n) is 7.53. The van der Waals surface area contributed by atoms with Gasteiger partial charge in [-0.05, 0) is 42.0 Å². The standard InChI is InChI=1S/C19H17N3O/c20-11-13-1-3-16(4-2-13)18(21)19(22-12-23)17-9-7-15(8-10-17)14-5-6-14/h1-4,7-10,12,14H,5-6,21H2,(H,22,23)/b19-18-. The van der Waals surface area contributed by atoms with Gasteiger partial charge in [-0.25, -0.2) is 0 Å². The quantitative estimate of drug-likeness (QED) is 0.658. The summed E-state index contributed by atoms with van der Waals surface area (Å²) in [5, 5.41) is 11.6. The van der Waals surface area contributed by atoms with Crippen LogP contribution in [0.3, 0.4) is 0 Å². The lowest BCUT2D eigenvalue weighted by Gasteiger charge is -2.12. The number of nitrogens with one attached hydrogen (secondary N) is 1. The Morgan fingerprint density at radius 1 is 1.09 bits per heavy atom. The summed E-state index contributed by atoms with van der Waals surface area (Å²) in [4.78, 5) is 11.0. The molecule has 0 aliphatic heterocycles. The molecule has 0 radical (unpaired) electrons. The molecule has 114 valence electrons. The molecule has 1 saturated carbocycles. The van der Waals surface area contributed by atoms with E-state index in [2.05, 4.69) is 23.5 Å². The summed E-state index contributed by atoms with van der Waals surface area (Å²) in [6.45, 7) is 0. The molecule has 1 aliphatic rings. The van der Waals surface area contributed by atoms with Gasteiger partial charge in [0.25, 0.3) is 0 Å². The molecule has 0 saturated heterocycles. The van der Waals surface area contributed by atoms with Crippen molar-refractivity contribution < 1.29 is 4.79 Å². The van der Waals surface area contributed by atoms with Gasteiger partial charge in [-0.2, -0.15) is 5.26 Å². The van der Waals surface area contributed by atoms with Gasteiger partial charge in [0.1, 0.15) is 0 Å². The maximum atomic E-state index is 11.0. The summed E-state index contributed by atoms with van der Waals surface area (Å²) >= 11 is 0. The molecule has 2 aromatic rings. The summed E-state index contributed by atoms with van der Waals surface area (Å²) in [6.07, 6.45) is 3.13. The van der Waals surface area contributed by atoms with Gasteiger partial charge >= 0.3 is 0 Å². The highest BCUT2D eigenvalue weighted by Gasteiger charge is 2.23. The van der Waals surface area contributed by atoms with Gasteiger partial charge < -0.3 is 11.1 Å². The zero-order valence-electron chi connectivity index (χ0n) is 12.6. The molecular formula is C19H17N3O. The Morgan fingerprint density at radius 2 is 1.70 bits per heavy atom. The molecular weight excluding hydrogens is 286 g/mol. The molecule has 0 unspecified atom stereocenters. The van der Waals surface area contributed by atoms with Crippen LogP contribution in [0.15, 0.2) is 48.5 Å². The van der Waals surface area contributed by atoms with E-state index in [1.165, 1.54) is 18.4 Å². The van der Waals surface area contributed by atoms with Gasteiger partial charge in [-0.3, -0.25) is 4.79 Å². The molecule has 0 spiro atoms. The zero-order chi connectivity index (χ0) is 16.2. The maximum absolute atomic E-state index is 11.0. The third-order valence-electron chi connectivity index (χ3n) is 4.05. The van der Waals surface area contributed by atoms with Crippen molar-refractivity contribution in [3.63, 3.8) is 0 Å². The molecule has 3 N–H and O–H groups in total. The molecule has 2 aromatic carbocycles. The monoisotopic (exact) mass is 303 g/mol. The minimum absolute atomic E-state index is 0.473. The van der Waals surface area contributed by atoms with Crippen molar-refractivity contribution in [3.05, 3.63) is 70.8 Å². The van der Waals surface area contributed by atoms with Crippen LogP contribution in [0, 0.1) is 11.3 Å². The topological polar surface area (TPSA) is 78.9 Å². The minimum atomic E-state index is 0.473. The Labute approximate surface area is 135 Å². The molecule has 23 heavy (non-hydrogen) atoms. The van der Waals surface area contributed by atoms with Crippen molar-refractivity contribution in [2.24, 2.45) is 5.73 Å². The summed E-state index contributed by atoms with van der Waals surface area (Å²) in [5.41, 5.74) is 10.8. The second kappa shape index (κ2) is 6.37. The average Bonchev–Trinajstić information content (AvgIpc) is 3.44. The van der Waals surface area contributed by atoms with Crippen LogP contribution < -0.4 is 11.1 Å². The fraction of sp³-hybridized carbons (Fsp3) is 0.158. The fourth-order valence-electron chi connectivity index (χ4n) is 2.58. The van der Waals surface area contributed by atoms with Gasteiger partial charge in [-0.1, -0.05) is 36.4 Å². The van der Waals surface area contributed by atoms with Crippen LogP contribution in [0.1, 0.15) is 41.0 Å². The number of carbonyl (C=O) groups is 1. The van der Waals surface area contributed by atoms with E-state index in [1.54, 1.807) is 24.3 Å². The van der Waals surface area contributed by atoms with Crippen molar-refractivity contribution in [1.82, 2.24) is 5.32 Å². The van der Waals surface area contributed by atoms with Gasteiger partial charge in [0.15, 0.2) is 0 Å². The Hall–Kier alpha value is -3.06.